The second-order valence-electron chi connectivity index (χ2n) is 5.72. The van der Waals surface area contributed by atoms with Crippen LogP contribution < -0.4 is 10.6 Å². The third-order valence-electron chi connectivity index (χ3n) is 3.72. The predicted molar refractivity (Wildman–Crippen MR) is 88.9 cm³/mol. The third kappa shape index (κ3) is 4.65. The molecule has 0 atom stereocenters. The molecule has 0 aliphatic carbocycles. The Kier molecular flexibility index (Phi) is 5.68. The molecule has 2 amide bonds. The number of halogens is 1. The quantitative estimate of drug-likeness (QED) is 0.759. The maximum absolute atomic E-state index is 13.6. The standard InChI is InChI=1S/C17H21FN4O2/c1-10-4-5-14(18)15(8-10)20-17(24)7-6-16(23)19-9-13-11(2)21-22-12(13)3/h4-5,8H,6-7,9H2,1-3H3,(H,19,23)(H,20,24)(H,21,22). The Morgan fingerprint density at radius 1 is 1.17 bits per heavy atom. The summed E-state index contributed by atoms with van der Waals surface area (Å²) in [7, 11) is 0. The van der Waals surface area contributed by atoms with Crippen molar-refractivity contribution in [2.24, 2.45) is 0 Å². The first-order valence-electron chi connectivity index (χ1n) is 7.70. The van der Waals surface area contributed by atoms with Gasteiger partial charge in [0.25, 0.3) is 0 Å². The summed E-state index contributed by atoms with van der Waals surface area (Å²) in [4.78, 5) is 23.7. The zero-order valence-electron chi connectivity index (χ0n) is 14.0. The highest BCUT2D eigenvalue weighted by Gasteiger charge is 2.11. The Morgan fingerprint density at radius 3 is 2.54 bits per heavy atom. The molecule has 0 saturated heterocycles. The van der Waals surface area contributed by atoms with Gasteiger partial charge in [-0.3, -0.25) is 14.7 Å². The molecule has 0 spiro atoms. The van der Waals surface area contributed by atoms with Crippen molar-refractivity contribution in [1.29, 1.82) is 0 Å². The molecular formula is C17H21FN4O2. The number of carbonyl (C=O) groups is 2. The number of carbonyl (C=O) groups excluding carboxylic acids is 2. The number of rotatable bonds is 6. The second kappa shape index (κ2) is 7.72. The van der Waals surface area contributed by atoms with Gasteiger partial charge in [-0.05, 0) is 38.5 Å². The molecule has 2 rings (SSSR count). The van der Waals surface area contributed by atoms with Gasteiger partial charge in [0.05, 0.1) is 11.4 Å². The molecule has 3 N–H and O–H groups in total. The number of anilines is 1. The number of amides is 2. The lowest BCUT2D eigenvalue weighted by molar-refractivity contribution is -0.124. The molecule has 0 aliphatic rings. The Labute approximate surface area is 139 Å². The van der Waals surface area contributed by atoms with Crippen LogP contribution in [-0.4, -0.2) is 22.0 Å². The molecule has 24 heavy (non-hydrogen) atoms. The average molecular weight is 332 g/mol. The van der Waals surface area contributed by atoms with Crippen LogP contribution in [0.5, 0.6) is 0 Å². The van der Waals surface area contributed by atoms with E-state index in [0.29, 0.717) is 6.54 Å². The number of hydrogen-bond donors (Lipinski definition) is 3. The molecule has 1 heterocycles. The topological polar surface area (TPSA) is 86.9 Å². The summed E-state index contributed by atoms with van der Waals surface area (Å²) in [6, 6.07) is 4.48. The highest BCUT2D eigenvalue weighted by Crippen LogP contribution is 2.16. The van der Waals surface area contributed by atoms with E-state index >= 15 is 0 Å². The van der Waals surface area contributed by atoms with Crippen LogP contribution in [0.2, 0.25) is 0 Å². The molecule has 7 heteroatoms. The van der Waals surface area contributed by atoms with E-state index in [1.807, 2.05) is 20.8 Å². The first-order valence-corrected chi connectivity index (χ1v) is 7.70. The zero-order valence-corrected chi connectivity index (χ0v) is 14.0. The summed E-state index contributed by atoms with van der Waals surface area (Å²) < 4.78 is 13.6. The minimum absolute atomic E-state index is 0.0113. The van der Waals surface area contributed by atoms with Gasteiger partial charge >= 0.3 is 0 Å². The maximum Gasteiger partial charge on any atom is 0.224 e. The molecule has 1 aromatic heterocycles. The van der Waals surface area contributed by atoms with Crippen LogP contribution in [-0.2, 0) is 16.1 Å². The predicted octanol–water partition coefficient (Wildman–Crippen LogP) is 2.51. The van der Waals surface area contributed by atoms with Crippen molar-refractivity contribution < 1.29 is 14.0 Å². The summed E-state index contributed by atoms with van der Waals surface area (Å²) in [5.74, 6) is -1.13. The minimum Gasteiger partial charge on any atom is -0.352 e. The Morgan fingerprint density at radius 2 is 1.88 bits per heavy atom. The lowest BCUT2D eigenvalue weighted by Crippen LogP contribution is -2.25. The second-order valence-corrected chi connectivity index (χ2v) is 5.72. The zero-order chi connectivity index (χ0) is 17.7. The number of hydrogen-bond acceptors (Lipinski definition) is 3. The fourth-order valence-electron chi connectivity index (χ4n) is 2.28. The molecule has 0 aliphatic heterocycles. The van der Waals surface area contributed by atoms with E-state index in [-0.39, 0.29) is 24.4 Å². The van der Waals surface area contributed by atoms with Crippen molar-refractivity contribution in [2.45, 2.75) is 40.2 Å². The first-order chi connectivity index (χ1) is 11.4. The summed E-state index contributed by atoms with van der Waals surface area (Å²) in [5.41, 5.74) is 3.65. The van der Waals surface area contributed by atoms with Crippen molar-refractivity contribution in [3.8, 4) is 0 Å². The van der Waals surface area contributed by atoms with Crippen LogP contribution in [0.4, 0.5) is 10.1 Å². The minimum atomic E-state index is -0.496. The first kappa shape index (κ1) is 17.7. The maximum atomic E-state index is 13.6. The monoisotopic (exact) mass is 332 g/mol. The van der Waals surface area contributed by atoms with Crippen molar-refractivity contribution >= 4 is 17.5 Å². The van der Waals surface area contributed by atoms with E-state index in [1.165, 1.54) is 6.07 Å². The number of aromatic nitrogens is 2. The largest absolute Gasteiger partial charge is 0.352 e. The number of benzene rings is 1. The molecule has 0 bridgehead atoms. The average Bonchev–Trinajstić information content (AvgIpc) is 2.85. The Balaban J connectivity index is 1.79. The van der Waals surface area contributed by atoms with Crippen LogP contribution in [0.3, 0.4) is 0 Å². The van der Waals surface area contributed by atoms with Crippen LogP contribution in [0.25, 0.3) is 0 Å². The Bertz CT molecular complexity index is 736. The number of aryl methyl sites for hydroxylation is 3. The van der Waals surface area contributed by atoms with E-state index in [0.717, 1.165) is 22.5 Å². The van der Waals surface area contributed by atoms with E-state index in [9.17, 15) is 14.0 Å². The van der Waals surface area contributed by atoms with Gasteiger partial charge in [-0.25, -0.2) is 4.39 Å². The normalized spacial score (nSPS) is 10.5. The van der Waals surface area contributed by atoms with Crippen molar-refractivity contribution in [3.05, 3.63) is 46.5 Å². The van der Waals surface area contributed by atoms with Crippen molar-refractivity contribution in [3.63, 3.8) is 0 Å². The van der Waals surface area contributed by atoms with Gasteiger partial charge in [0.2, 0.25) is 11.8 Å². The van der Waals surface area contributed by atoms with E-state index in [2.05, 4.69) is 20.8 Å². The molecule has 0 radical (unpaired) electrons. The molecule has 1 aromatic carbocycles. The molecule has 0 fully saturated rings. The number of H-pyrrole nitrogens is 1. The van der Waals surface area contributed by atoms with E-state index < -0.39 is 11.7 Å². The van der Waals surface area contributed by atoms with Gasteiger partial charge in [-0.2, -0.15) is 5.10 Å². The number of nitrogens with zero attached hydrogens (tertiary/aromatic N) is 1. The molecule has 0 saturated carbocycles. The van der Waals surface area contributed by atoms with Gasteiger partial charge in [0.1, 0.15) is 5.82 Å². The van der Waals surface area contributed by atoms with Gasteiger partial charge in [0, 0.05) is 30.6 Å². The summed E-state index contributed by atoms with van der Waals surface area (Å²) >= 11 is 0. The van der Waals surface area contributed by atoms with Crippen molar-refractivity contribution in [2.75, 3.05) is 5.32 Å². The molecule has 128 valence electrons. The molecule has 0 unspecified atom stereocenters. The van der Waals surface area contributed by atoms with Gasteiger partial charge in [-0.15, -0.1) is 0 Å². The smallest absolute Gasteiger partial charge is 0.224 e. The van der Waals surface area contributed by atoms with Crippen LogP contribution >= 0.6 is 0 Å². The van der Waals surface area contributed by atoms with E-state index in [1.54, 1.807) is 12.1 Å². The lowest BCUT2D eigenvalue weighted by atomic mass is 10.2. The highest BCUT2D eigenvalue weighted by molar-refractivity contribution is 5.93. The lowest BCUT2D eigenvalue weighted by Gasteiger charge is -2.08. The fraction of sp³-hybridized carbons (Fsp3) is 0.353. The SMILES string of the molecule is Cc1ccc(F)c(NC(=O)CCC(=O)NCc2c(C)n[nH]c2C)c1. The number of nitrogens with one attached hydrogen (secondary N) is 3. The Hall–Kier alpha value is -2.70. The molecule has 6 nitrogen and oxygen atoms in total. The summed E-state index contributed by atoms with van der Waals surface area (Å²) in [6.07, 6.45) is 0.0256. The fourth-order valence-corrected chi connectivity index (χ4v) is 2.28. The summed E-state index contributed by atoms with van der Waals surface area (Å²) in [5, 5.41) is 12.1. The summed E-state index contributed by atoms with van der Waals surface area (Å²) in [6.45, 7) is 5.91. The third-order valence-corrected chi connectivity index (χ3v) is 3.72. The van der Waals surface area contributed by atoms with Gasteiger partial charge < -0.3 is 10.6 Å². The van der Waals surface area contributed by atoms with Crippen LogP contribution in [0.15, 0.2) is 18.2 Å². The molecule has 2 aromatic rings. The van der Waals surface area contributed by atoms with Crippen molar-refractivity contribution in [1.82, 2.24) is 15.5 Å². The van der Waals surface area contributed by atoms with E-state index in [4.69, 9.17) is 0 Å². The number of aromatic amines is 1. The van der Waals surface area contributed by atoms with Gasteiger partial charge in [0.15, 0.2) is 0 Å². The van der Waals surface area contributed by atoms with Gasteiger partial charge in [-0.1, -0.05) is 6.07 Å². The van der Waals surface area contributed by atoms with Crippen LogP contribution in [0, 0.1) is 26.6 Å². The molecular weight excluding hydrogens is 311 g/mol. The highest BCUT2D eigenvalue weighted by atomic mass is 19.1. The van der Waals surface area contributed by atoms with Crippen LogP contribution in [0.1, 0.15) is 35.4 Å².